The van der Waals surface area contributed by atoms with Crippen molar-refractivity contribution in [3.05, 3.63) is 30.3 Å². The van der Waals surface area contributed by atoms with Gasteiger partial charge in [0.2, 0.25) is 11.8 Å². The van der Waals surface area contributed by atoms with Gasteiger partial charge in [0.05, 0.1) is 13.1 Å². The van der Waals surface area contributed by atoms with Crippen molar-refractivity contribution in [1.82, 2.24) is 15.5 Å². The summed E-state index contributed by atoms with van der Waals surface area (Å²) in [5.74, 6) is -0.682. The summed E-state index contributed by atoms with van der Waals surface area (Å²) in [6.07, 6.45) is 0. The molecule has 4 amide bonds. The van der Waals surface area contributed by atoms with Gasteiger partial charge in [-0.05, 0) is 19.2 Å². The number of benzene rings is 1. The largest absolute Gasteiger partial charge is 0.358 e. The first-order valence-corrected chi connectivity index (χ1v) is 6.06. The second-order valence-corrected chi connectivity index (χ2v) is 4.21. The lowest BCUT2D eigenvalue weighted by Crippen LogP contribution is -2.43. The minimum atomic E-state index is -0.602. The topological polar surface area (TPSA) is 90.5 Å². The Balaban J connectivity index is 2.35. The molecule has 0 fully saturated rings. The number of para-hydroxylation sites is 1. The molecule has 1 aromatic carbocycles. The quantitative estimate of drug-likeness (QED) is 0.708. The average Bonchev–Trinajstić information content (AvgIpc) is 2.38. The summed E-state index contributed by atoms with van der Waals surface area (Å²) in [6, 6.07) is 8.18. The maximum Gasteiger partial charge on any atom is 0.325 e. The summed E-state index contributed by atoms with van der Waals surface area (Å²) in [7, 11) is 3.13. The Labute approximate surface area is 117 Å². The molecule has 7 nitrogen and oxygen atoms in total. The second-order valence-electron chi connectivity index (χ2n) is 4.21. The summed E-state index contributed by atoms with van der Waals surface area (Å²) < 4.78 is 0. The highest BCUT2D eigenvalue weighted by Crippen LogP contribution is 2.03. The molecule has 0 saturated carbocycles. The number of imide groups is 1. The van der Waals surface area contributed by atoms with Crippen LogP contribution in [0, 0.1) is 0 Å². The Morgan fingerprint density at radius 3 is 2.25 bits per heavy atom. The van der Waals surface area contributed by atoms with Gasteiger partial charge in [-0.15, -0.1) is 0 Å². The minimum absolute atomic E-state index is 0.0460. The summed E-state index contributed by atoms with van der Waals surface area (Å²) in [5, 5.41) is 7.17. The van der Waals surface area contributed by atoms with Crippen LogP contribution in [0.15, 0.2) is 30.3 Å². The molecule has 20 heavy (non-hydrogen) atoms. The van der Waals surface area contributed by atoms with Crippen LogP contribution >= 0.6 is 0 Å². The van der Waals surface area contributed by atoms with Crippen LogP contribution in [-0.4, -0.2) is 49.9 Å². The predicted octanol–water partition coefficient (Wildman–Crippen LogP) is 0.0125. The first kappa shape index (κ1) is 15.6. The van der Waals surface area contributed by atoms with Gasteiger partial charge in [0.25, 0.3) is 0 Å². The molecule has 0 saturated heterocycles. The monoisotopic (exact) mass is 278 g/mol. The smallest absolute Gasteiger partial charge is 0.325 e. The number of hydrogen-bond acceptors (Lipinski definition) is 4. The molecule has 0 bridgehead atoms. The van der Waals surface area contributed by atoms with Crippen molar-refractivity contribution in [3.8, 4) is 0 Å². The van der Waals surface area contributed by atoms with Crippen LogP contribution in [0.25, 0.3) is 0 Å². The fourth-order valence-corrected chi connectivity index (χ4v) is 1.48. The second kappa shape index (κ2) is 7.90. The number of rotatable bonds is 5. The van der Waals surface area contributed by atoms with Crippen molar-refractivity contribution in [2.75, 3.05) is 32.5 Å². The van der Waals surface area contributed by atoms with Crippen LogP contribution in [0.1, 0.15) is 0 Å². The molecule has 1 aromatic rings. The Morgan fingerprint density at radius 1 is 1.05 bits per heavy atom. The molecule has 0 unspecified atom stereocenters. The zero-order valence-electron chi connectivity index (χ0n) is 11.5. The highest BCUT2D eigenvalue weighted by Gasteiger charge is 2.12. The number of likely N-dealkylation sites (N-methyl/N-ethyl adjacent to an activating group) is 2. The number of carbonyl (C=O) groups is 3. The first-order valence-electron chi connectivity index (χ1n) is 6.06. The zero-order valence-corrected chi connectivity index (χ0v) is 11.5. The summed E-state index contributed by atoms with van der Waals surface area (Å²) in [4.78, 5) is 35.7. The number of carbonyl (C=O) groups excluding carboxylic acids is 3. The third-order valence-electron chi connectivity index (χ3n) is 2.39. The lowest BCUT2D eigenvalue weighted by atomic mass is 10.3. The Kier molecular flexibility index (Phi) is 6.18. The van der Waals surface area contributed by atoms with E-state index >= 15 is 0 Å². The predicted molar refractivity (Wildman–Crippen MR) is 75.2 cm³/mol. The van der Waals surface area contributed by atoms with Crippen molar-refractivity contribution in [3.63, 3.8) is 0 Å². The number of nitrogens with zero attached hydrogens (tertiary/aromatic N) is 1. The van der Waals surface area contributed by atoms with E-state index in [4.69, 9.17) is 0 Å². The normalized spacial score (nSPS) is 9.95. The van der Waals surface area contributed by atoms with Gasteiger partial charge < -0.3 is 10.6 Å². The molecule has 0 spiro atoms. The third kappa shape index (κ3) is 5.96. The van der Waals surface area contributed by atoms with E-state index in [0.29, 0.717) is 5.69 Å². The first-order chi connectivity index (χ1) is 9.51. The SMILES string of the molecule is CNC(=O)CN(C)CC(=O)NC(=O)Nc1ccccc1. The molecule has 0 heterocycles. The van der Waals surface area contributed by atoms with E-state index in [9.17, 15) is 14.4 Å². The average molecular weight is 278 g/mol. The Hall–Kier alpha value is -2.41. The van der Waals surface area contributed by atoms with Crippen LogP contribution in [-0.2, 0) is 9.59 Å². The maximum atomic E-state index is 11.6. The van der Waals surface area contributed by atoms with E-state index in [1.54, 1.807) is 31.3 Å². The van der Waals surface area contributed by atoms with E-state index < -0.39 is 11.9 Å². The van der Waals surface area contributed by atoms with E-state index in [-0.39, 0.29) is 19.0 Å². The molecule has 0 aromatic heterocycles. The number of hydrogen-bond donors (Lipinski definition) is 3. The molecule has 0 atom stereocenters. The highest BCUT2D eigenvalue weighted by atomic mass is 16.2. The minimum Gasteiger partial charge on any atom is -0.358 e. The van der Waals surface area contributed by atoms with Gasteiger partial charge in [0, 0.05) is 12.7 Å². The van der Waals surface area contributed by atoms with Crippen molar-refractivity contribution in [1.29, 1.82) is 0 Å². The third-order valence-corrected chi connectivity index (χ3v) is 2.39. The maximum absolute atomic E-state index is 11.6. The number of anilines is 1. The Morgan fingerprint density at radius 2 is 1.65 bits per heavy atom. The molecule has 7 heteroatoms. The standard InChI is InChI=1S/C13H18N4O3/c1-14-11(18)8-17(2)9-12(19)16-13(20)15-10-6-4-3-5-7-10/h3-7H,8-9H2,1-2H3,(H,14,18)(H2,15,16,19,20). The summed E-state index contributed by atoms with van der Waals surface area (Å²) >= 11 is 0. The van der Waals surface area contributed by atoms with E-state index in [0.717, 1.165) is 0 Å². The van der Waals surface area contributed by atoms with Gasteiger partial charge in [0.15, 0.2) is 0 Å². The van der Waals surface area contributed by atoms with Crippen LogP contribution in [0.5, 0.6) is 0 Å². The Bertz CT molecular complexity index is 476. The van der Waals surface area contributed by atoms with Gasteiger partial charge in [-0.2, -0.15) is 0 Å². The lowest BCUT2D eigenvalue weighted by Gasteiger charge is -2.14. The van der Waals surface area contributed by atoms with Crippen LogP contribution in [0.2, 0.25) is 0 Å². The fraction of sp³-hybridized carbons (Fsp3) is 0.308. The van der Waals surface area contributed by atoms with Gasteiger partial charge in [-0.1, -0.05) is 18.2 Å². The van der Waals surface area contributed by atoms with Crippen LogP contribution < -0.4 is 16.0 Å². The van der Waals surface area contributed by atoms with Gasteiger partial charge in [-0.25, -0.2) is 4.79 Å². The molecule has 0 aliphatic heterocycles. The molecular formula is C13H18N4O3. The van der Waals surface area contributed by atoms with Crippen molar-refractivity contribution in [2.24, 2.45) is 0 Å². The number of amides is 4. The number of nitrogens with one attached hydrogen (secondary N) is 3. The van der Waals surface area contributed by atoms with Gasteiger partial charge in [-0.3, -0.25) is 19.8 Å². The van der Waals surface area contributed by atoms with E-state index in [1.165, 1.54) is 11.9 Å². The lowest BCUT2D eigenvalue weighted by molar-refractivity contribution is -0.123. The zero-order chi connectivity index (χ0) is 15.0. The molecule has 108 valence electrons. The summed E-state index contributed by atoms with van der Waals surface area (Å²) in [6.45, 7) is 0.0415. The van der Waals surface area contributed by atoms with Gasteiger partial charge in [0.1, 0.15) is 0 Å². The van der Waals surface area contributed by atoms with E-state index in [1.807, 2.05) is 6.07 Å². The van der Waals surface area contributed by atoms with E-state index in [2.05, 4.69) is 16.0 Å². The van der Waals surface area contributed by atoms with Crippen molar-refractivity contribution < 1.29 is 14.4 Å². The highest BCUT2D eigenvalue weighted by molar-refractivity contribution is 6.01. The molecule has 1 rings (SSSR count). The summed E-state index contributed by atoms with van der Waals surface area (Å²) in [5.41, 5.74) is 0.594. The fourth-order valence-electron chi connectivity index (χ4n) is 1.48. The molecular weight excluding hydrogens is 260 g/mol. The van der Waals surface area contributed by atoms with Crippen LogP contribution in [0.4, 0.5) is 10.5 Å². The van der Waals surface area contributed by atoms with Crippen LogP contribution in [0.3, 0.4) is 0 Å². The van der Waals surface area contributed by atoms with Crippen molar-refractivity contribution >= 4 is 23.5 Å². The molecule has 0 radical (unpaired) electrons. The van der Waals surface area contributed by atoms with Crippen molar-refractivity contribution in [2.45, 2.75) is 0 Å². The molecule has 0 aliphatic rings. The van der Waals surface area contributed by atoms with Gasteiger partial charge >= 0.3 is 6.03 Å². The molecule has 3 N–H and O–H groups in total. The molecule has 0 aliphatic carbocycles. The number of urea groups is 1.